The van der Waals surface area contributed by atoms with Gasteiger partial charge in [0.1, 0.15) is 11.8 Å². The van der Waals surface area contributed by atoms with Crippen molar-refractivity contribution in [3.63, 3.8) is 0 Å². The minimum absolute atomic E-state index is 0.0190. The van der Waals surface area contributed by atoms with Crippen LogP contribution in [0.1, 0.15) is 30.4 Å². The molecule has 0 spiro atoms. The van der Waals surface area contributed by atoms with E-state index in [1.807, 2.05) is 29.2 Å². The van der Waals surface area contributed by atoms with E-state index in [0.717, 1.165) is 69.0 Å². The summed E-state index contributed by atoms with van der Waals surface area (Å²) in [7, 11) is 1.72. The number of piperazine rings is 1. The van der Waals surface area contributed by atoms with Crippen LogP contribution in [-0.4, -0.2) is 74.0 Å². The number of nitrogens with zero attached hydrogens (tertiary/aromatic N) is 3. The van der Waals surface area contributed by atoms with E-state index in [-0.39, 0.29) is 17.7 Å². The van der Waals surface area contributed by atoms with Crippen LogP contribution in [-0.2, 0) is 22.6 Å². The topological polar surface area (TPSA) is 65.1 Å². The number of benzene rings is 2. The highest BCUT2D eigenvalue weighted by Crippen LogP contribution is 2.34. The molecule has 2 fully saturated rings. The summed E-state index contributed by atoms with van der Waals surface area (Å²) in [6, 6.07) is 16.0. The monoisotopic (exact) mass is 476 g/mol. The van der Waals surface area contributed by atoms with E-state index in [1.54, 1.807) is 7.11 Å². The molecule has 2 heterocycles. The lowest BCUT2D eigenvalue weighted by Gasteiger charge is -2.37. The molecule has 1 unspecified atom stereocenters. The van der Waals surface area contributed by atoms with Gasteiger partial charge in [-0.2, -0.15) is 0 Å². The number of para-hydroxylation sites is 2. The van der Waals surface area contributed by atoms with E-state index in [9.17, 15) is 9.59 Å². The van der Waals surface area contributed by atoms with Gasteiger partial charge in [0.05, 0.1) is 12.8 Å². The van der Waals surface area contributed by atoms with Crippen LogP contribution in [0.25, 0.3) is 0 Å². The Balaban J connectivity index is 1.09. The largest absolute Gasteiger partial charge is 0.495 e. The number of carbonyl (C=O) groups excluding carboxylic acids is 2. The van der Waals surface area contributed by atoms with E-state index in [0.29, 0.717) is 19.5 Å². The Morgan fingerprint density at radius 2 is 1.69 bits per heavy atom. The van der Waals surface area contributed by atoms with Crippen molar-refractivity contribution in [3.05, 3.63) is 59.7 Å². The lowest BCUT2D eigenvalue weighted by Crippen LogP contribution is -2.53. The Hall–Kier alpha value is -3.06. The molecule has 7 heteroatoms. The maximum Gasteiger partial charge on any atom is 0.243 e. The number of fused-ring (bicyclic) bond motifs is 1. The van der Waals surface area contributed by atoms with Gasteiger partial charge in [-0.1, -0.05) is 36.4 Å². The van der Waals surface area contributed by atoms with E-state index in [2.05, 4.69) is 39.4 Å². The molecule has 35 heavy (non-hydrogen) atoms. The fourth-order valence-corrected chi connectivity index (χ4v) is 5.29. The van der Waals surface area contributed by atoms with E-state index in [4.69, 9.17) is 4.74 Å². The van der Waals surface area contributed by atoms with Crippen molar-refractivity contribution in [1.82, 2.24) is 15.1 Å². The summed E-state index contributed by atoms with van der Waals surface area (Å²) >= 11 is 0. The summed E-state index contributed by atoms with van der Waals surface area (Å²) in [5, 5.41) is 3.13. The number of carbonyl (C=O) groups is 2. The van der Waals surface area contributed by atoms with Gasteiger partial charge in [0, 0.05) is 51.6 Å². The molecule has 1 aliphatic carbocycles. The van der Waals surface area contributed by atoms with Crippen molar-refractivity contribution >= 4 is 17.5 Å². The SMILES string of the molecule is COc1ccccc1N1CCN(CCCNC(=O)C2Cc3ccccc3CN2C(=O)C2CC2)CC1. The third kappa shape index (κ3) is 5.45. The van der Waals surface area contributed by atoms with Gasteiger partial charge in [0.15, 0.2) is 0 Å². The maximum atomic E-state index is 13.1. The summed E-state index contributed by atoms with van der Waals surface area (Å²) in [6.45, 7) is 6.05. The fraction of sp³-hybridized carbons (Fsp3) is 0.500. The average Bonchev–Trinajstić information content (AvgIpc) is 3.76. The van der Waals surface area contributed by atoms with Gasteiger partial charge < -0.3 is 19.9 Å². The lowest BCUT2D eigenvalue weighted by molar-refractivity contribution is -0.142. The quantitative estimate of drug-likeness (QED) is 0.594. The van der Waals surface area contributed by atoms with Gasteiger partial charge in [-0.3, -0.25) is 14.5 Å². The molecular formula is C28H36N4O3. The van der Waals surface area contributed by atoms with Crippen molar-refractivity contribution in [1.29, 1.82) is 0 Å². The Kier molecular flexibility index (Phi) is 7.23. The molecule has 1 saturated carbocycles. The predicted molar refractivity (Wildman–Crippen MR) is 136 cm³/mol. The van der Waals surface area contributed by atoms with Crippen LogP contribution >= 0.6 is 0 Å². The van der Waals surface area contributed by atoms with Crippen LogP contribution in [0.2, 0.25) is 0 Å². The minimum Gasteiger partial charge on any atom is -0.495 e. The zero-order valence-corrected chi connectivity index (χ0v) is 20.6. The number of nitrogens with one attached hydrogen (secondary N) is 1. The van der Waals surface area contributed by atoms with Crippen molar-refractivity contribution < 1.29 is 14.3 Å². The number of ether oxygens (including phenoxy) is 1. The molecule has 7 nitrogen and oxygen atoms in total. The van der Waals surface area contributed by atoms with Crippen LogP contribution < -0.4 is 15.0 Å². The minimum atomic E-state index is -0.401. The number of hydrogen-bond donors (Lipinski definition) is 1. The second-order valence-corrected chi connectivity index (χ2v) is 9.87. The molecular weight excluding hydrogens is 440 g/mol. The third-order valence-electron chi connectivity index (χ3n) is 7.51. The normalized spacial score (nSPS) is 20.3. The van der Waals surface area contributed by atoms with Crippen molar-refractivity contribution in [2.24, 2.45) is 5.92 Å². The highest BCUT2D eigenvalue weighted by molar-refractivity contribution is 5.90. The highest BCUT2D eigenvalue weighted by atomic mass is 16.5. The van der Waals surface area contributed by atoms with Gasteiger partial charge in [-0.15, -0.1) is 0 Å². The third-order valence-corrected chi connectivity index (χ3v) is 7.51. The summed E-state index contributed by atoms with van der Waals surface area (Å²) in [5.74, 6) is 1.16. The number of hydrogen-bond acceptors (Lipinski definition) is 5. The van der Waals surface area contributed by atoms with Crippen LogP contribution in [0.5, 0.6) is 5.75 Å². The second kappa shape index (κ2) is 10.7. The van der Waals surface area contributed by atoms with Crippen molar-refractivity contribution in [3.8, 4) is 5.75 Å². The number of methoxy groups -OCH3 is 1. The Labute approximate surface area is 208 Å². The number of rotatable bonds is 8. The zero-order chi connectivity index (χ0) is 24.2. The fourth-order valence-electron chi connectivity index (χ4n) is 5.29. The number of anilines is 1. The van der Waals surface area contributed by atoms with Crippen LogP contribution in [0.3, 0.4) is 0 Å². The van der Waals surface area contributed by atoms with Crippen LogP contribution in [0.4, 0.5) is 5.69 Å². The van der Waals surface area contributed by atoms with Gasteiger partial charge in [0.2, 0.25) is 11.8 Å². The summed E-state index contributed by atoms with van der Waals surface area (Å²) in [5.41, 5.74) is 3.50. The summed E-state index contributed by atoms with van der Waals surface area (Å²) < 4.78 is 5.52. The maximum absolute atomic E-state index is 13.1. The van der Waals surface area contributed by atoms with Gasteiger partial charge >= 0.3 is 0 Å². The Morgan fingerprint density at radius 3 is 2.43 bits per heavy atom. The first kappa shape index (κ1) is 23.7. The van der Waals surface area contributed by atoms with Crippen LogP contribution in [0, 0.1) is 5.92 Å². The molecule has 0 bridgehead atoms. The first-order valence-corrected chi connectivity index (χ1v) is 12.9. The predicted octanol–water partition coefficient (Wildman–Crippen LogP) is 2.69. The first-order chi connectivity index (χ1) is 17.1. The molecule has 3 aliphatic rings. The van der Waals surface area contributed by atoms with Gasteiger partial charge in [-0.05, 0) is 49.1 Å². The Morgan fingerprint density at radius 1 is 0.971 bits per heavy atom. The summed E-state index contributed by atoms with van der Waals surface area (Å²) in [6.07, 6.45) is 3.41. The smallest absolute Gasteiger partial charge is 0.243 e. The van der Waals surface area contributed by atoms with Crippen molar-refractivity contribution in [2.45, 2.75) is 38.3 Å². The lowest BCUT2D eigenvalue weighted by atomic mass is 9.93. The van der Waals surface area contributed by atoms with Crippen molar-refractivity contribution in [2.75, 3.05) is 51.3 Å². The molecule has 186 valence electrons. The molecule has 0 radical (unpaired) electrons. The molecule has 2 aromatic carbocycles. The molecule has 0 aromatic heterocycles. The molecule has 1 N–H and O–H groups in total. The van der Waals surface area contributed by atoms with E-state index < -0.39 is 6.04 Å². The molecule has 5 rings (SSSR count). The van der Waals surface area contributed by atoms with Crippen LogP contribution in [0.15, 0.2) is 48.5 Å². The second-order valence-electron chi connectivity index (χ2n) is 9.87. The molecule has 2 aliphatic heterocycles. The Bertz CT molecular complexity index is 1050. The molecule has 2 amide bonds. The molecule has 1 atom stereocenters. The van der Waals surface area contributed by atoms with Gasteiger partial charge in [0.25, 0.3) is 0 Å². The zero-order valence-electron chi connectivity index (χ0n) is 20.6. The molecule has 2 aromatic rings. The van der Waals surface area contributed by atoms with Gasteiger partial charge in [-0.25, -0.2) is 0 Å². The number of amides is 2. The standard InChI is InChI=1S/C28H36N4O3/c1-35-26-10-5-4-9-24(26)31-17-15-30(16-18-31)14-6-13-29-27(33)25-19-22-7-2-3-8-23(22)20-32(25)28(34)21-11-12-21/h2-5,7-10,21,25H,6,11-20H2,1H3,(H,29,33). The average molecular weight is 477 g/mol. The van der Waals surface area contributed by atoms with E-state index >= 15 is 0 Å². The summed E-state index contributed by atoms with van der Waals surface area (Å²) in [4.78, 5) is 32.7. The first-order valence-electron chi connectivity index (χ1n) is 12.9. The highest BCUT2D eigenvalue weighted by Gasteiger charge is 2.40. The van der Waals surface area contributed by atoms with E-state index in [1.165, 1.54) is 5.56 Å². The molecule has 1 saturated heterocycles.